The third kappa shape index (κ3) is 43.4. The van der Waals surface area contributed by atoms with Crippen LogP contribution in [0.5, 0.6) is 0 Å². The third-order valence-corrected chi connectivity index (χ3v) is 21.4. The second-order valence-corrected chi connectivity index (χ2v) is 32.2. The van der Waals surface area contributed by atoms with E-state index in [1.165, 1.54) is 0 Å². The molecule has 0 saturated carbocycles. The molecule has 2 aliphatic rings. The summed E-state index contributed by atoms with van der Waals surface area (Å²) < 4.78 is 0. The van der Waals surface area contributed by atoms with Gasteiger partial charge in [0.05, 0.1) is 51.6 Å². The zero-order valence-corrected chi connectivity index (χ0v) is 75.9. The Kier molecular flexibility index (Phi) is 52.8. The fourth-order valence-corrected chi connectivity index (χ4v) is 14.2. The minimum atomic E-state index is -1.96. The van der Waals surface area contributed by atoms with Crippen LogP contribution in [0.25, 0.3) is 0 Å². The number of carboxylic acids is 2. The number of guanidine groups is 3. The average Bonchev–Trinajstić information content (AvgIpc) is 1.66. The number of aliphatic hydroxyl groups is 2. The summed E-state index contributed by atoms with van der Waals surface area (Å²) in [5, 5.41) is 103. The molecule has 57 heteroatoms. The van der Waals surface area contributed by atoms with Crippen molar-refractivity contribution in [1.82, 2.24) is 100 Å². The topological polar surface area (TPSA) is 956 Å². The third-order valence-electron chi connectivity index (χ3n) is 21.0. The average molecular weight is 1950 g/mol. The van der Waals surface area contributed by atoms with Crippen LogP contribution in [0.2, 0.25) is 0 Å². The van der Waals surface area contributed by atoms with Crippen molar-refractivity contribution in [3.63, 3.8) is 0 Å². The van der Waals surface area contributed by atoms with Gasteiger partial charge >= 0.3 is 11.9 Å². The number of unbranched alkanes of at least 4 members (excludes halogenated alkanes) is 2. The van der Waals surface area contributed by atoms with Crippen molar-refractivity contribution in [3.05, 3.63) is 35.9 Å². The van der Waals surface area contributed by atoms with Crippen LogP contribution in [0.15, 0.2) is 30.3 Å². The molecule has 0 aromatic heterocycles. The molecule has 136 heavy (non-hydrogen) atoms. The van der Waals surface area contributed by atoms with Gasteiger partial charge in [-0.05, 0) is 121 Å². The predicted molar refractivity (Wildman–Crippen MR) is 484 cm³/mol. The first kappa shape index (κ1) is 116. The van der Waals surface area contributed by atoms with Gasteiger partial charge in [0, 0.05) is 51.3 Å². The number of rotatable bonds is 65. The molecule has 0 spiro atoms. The zero-order valence-electron chi connectivity index (χ0n) is 75.0. The number of primary amides is 3. The largest absolute Gasteiger partial charge is 0.481 e. The Bertz CT molecular complexity index is 4330. The van der Waals surface area contributed by atoms with E-state index in [9.17, 15) is 111 Å². The normalized spacial score (nSPS) is 16.0. The summed E-state index contributed by atoms with van der Waals surface area (Å²) in [5.74, 6) is -25.4. The second kappa shape index (κ2) is 61.8. The van der Waals surface area contributed by atoms with Crippen LogP contribution in [-0.4, -0.2) is 341 Å². The number of carboxylic acid groups (broad SMARTS) is 2. The molecule has 0 aliphatic carbocycles. The lowest BCUT2D eigenvalue weighted by atomic mass is 10.0. The number of nitrogens with zero attached hydrogens (tertiary/aromatic N) is 2. The molecule has 56 nitrogen and oxygen atoms in total. The molecule has 42 N–H and O–H groups in total. The zero-order chi connectivity index (χ0) is 102. The van der Waals surface area contributed by atoms with E-state index in [2.05, 4.69) is 97.7 Å². The summed E-state index contributed by atoms with van der Waals surface area (Å²) >= 11 is 4.09. The maximum Gasteiger partial charge on any atom is 0.326 e. The lowest BCUT2D eigenvalue weighted by Crippen LogP contribution is -2.61. The van der Waals surface area contributed by atoms with Crippen molar-refractivity contribution in [2.45, 2.75) is 232 Å². The van der Waals surface area contributed by atoms with Gasteiger partial charge in [-0.25, -0.2) is 4.79 Å². The highest BCUT2D eigenvalue weighted by Gasteiger charge is 2.44. The fraction of sp³-hybridized carbons (Fsp3) is 0.620. The number of nitrogens with one attached hydrogen (secondary N) is 20. The van der Waals surface area contributed by atoms with Crippen molar-refractivity contribution in [3.8, 4) is 0 Å². The molecular formula is C79H131N31O25S. The van der Waals surface area contributed by atoms with Gasteiger partial charge in [0.25, 0.3) is 0 Å². The molecule has 19 amide bonds. The van der Waals surface area contributed by atoms with Crippen molar-refractivity contribution in [2.75, 3.05) is 77.9 Å². The van der Waals surface area contributed by atoms with Crippen molar-refractivity contribution in [1.29, 1.82) is 16.2 Å². The monoisotopic (exact) mass is 1950 g/mol. The number of benzene rings is 1. The molecule has 3 rings (SSSR count). The Hall–Kier alpha value is -13.9. The number of hydrogen-bond donors (Lipinski definition) is 34. The Morgan fingerprint density at radius 1 is 0.382 bits per heavy atom. The van der Waals surface area contributed by atoms with Gasteiger partial charge in [0.15, 0.2) is 17.9 Å². The van der Waals surface area contributed by atoms with E-state index in [0.717, 1.165) is 9.80 Å². The van der Waals surface area contributed by atoms with Crippen LogP contribution in [0.1, 0.15) is 140 Å². The number of aliphatic carboxylic acids is 2. The molecule has 2 saturated heterocycles. The molecular weight excluding hydrogens is 1820 g/mol. The van der Waals surface area contributed by atoms with Crippen molar-refractivity contribution < 1.29 is 121 Å². The molecule has 15 atom stereocenters. The highest BCUT2D eigenvalue weighted by Crippen LogP contribution is 2.23. The van der Waals surface area contributed by atoms with Crippen LogP contribution >= 0.6 is 12.6 Å². The van der Waals surface area contributed by atoms with E-state index in [0.29, 0.717) is 24.9 Å². The molecule has 0 unspecified atom stereocenters. The Balaban J connectivity index is 1.86. The van der Waals surface area contributed by atoms with E-state index in [4.69, 9.17) is 72.9 Å². The van der Waals surface area contributed by atoms with Crippen molar-refractivity contribution in [2.24, 2.45) is 51.6 Å². The maximum absolute atomic E-state index is 15.1. The maximum atomic E-state index is 15.1. The molecule has 1 aromatic rings. The second-order valence-electron chi connectivity index (χ2n) is 31.8. The summed E-state index contributed by atoms with van der Waals surface area (Å²) in [6, 6.07) is -16.4. The molecule has 758 valence electrons. The summed E-state index contributed by atoms with van der Waals surface area (Å²) in [7, 11) is 0. The fourth-order valence-electron chi connectivity index (χ4n) is 14.0. The van der Waals surface area contributed by atoms with Crippen LogP contribution < -0.4 is 142 Å². The predicted octanol–water partition coefficient (Wildman–Crippen LogP) is -14.9. The van der Waals surface area contributed by atoms with Crippen LogP contribution in [0.3, 0.4) is 0 Å². The van der Waals surface area contributed by atoms with Gasteiger partial charge < -0.3 is 172 Å². The summed E-state index contributed by atoms with van der Waals surface area (Å²) in [4.78, 5) is 286. The number of thiol groups is 1. The highest BCUT2D eigenvalue weighted by atomic mass is 32.1. The first-order chi connectivity index (χ1) is 64.4. The standard InChI is InChI=1S/C79H131N31O25S/c80-24-6-4-15-41(82)62(120)99-44(18-9-27-93-78(88)89)66(124)105-49(33-58(85)115)75(133)109-29-11-20-54(109)72(130)96-36-60(117)98-51(37-111)70(128)102-46(22-23-56(83)113)68(126)100-43(16-5-7-25-81)65(123)101-45(19-10-28-94-79(90)91)67(125)104-48(31-40-13-2-1-3-14-40)74(132)110-30-12-21-55(110)73(131)107-52(38-112)71(129)103-47(32-57(84)114)69(127)108-53(39-136)63(121)95-35-59(116)97-42(17-8-26-92-77(86)87)64(122)106-50(76(134)135)34-61(118)119/h1-3,13-14,41-55,111-112,136H,4-12,15-39,80-82H2,(H2,83,113)(H2,84,114)(H2,85,115)(H,95,121)(H,96,130)(H,97,116)(H,98,117)(H,99,120)(H,100,126)(H,101,123)(H,102,128)(H,103,129)(H,104,125)(H,105,124)(H,106,122)(H,107,131)(H,108,127)(H,118,119)(H,134,135)(H4,86,87,92)(H4,88,89,93)(H4,90,91,94)/t41-,42-,43-,44-,45-,46-,47-,48-,49-,50-,51-,52-,53-,54-,55-/m0/s1. The van der Waals surface area contributed by atoms with Crippen molar-refractivity contribution >= 4 is 155 Å². The lowest BCUT2D eigenvalue weighted by molar-refractivity contribution is -0.147. The van der Waals surface area contributed by atoms with Gasteiger partial charge in [-0.2, -0.15) is 12.6 Å². The highest BCUT2D eigenvalue weighted by molar-refractivity contribution is 7.80. The van der Waals surface area contributed by atoms with Gasteiger partial charge in [0.1, 0.15) is 84.6 Å². The van der Waals surface area contributed by atoms with Crippen LogP contribution in [0.4, 0.5) is 0 Å². The van der Waals surface area contributed by atoms with Gasteiger partial charge in [-0.15, -0.1) is 0 Å². The number of amides is 19. The van der Waals surface area contributed by atoms with E-state index in [1.807, 2.05) is 5.32 Å². The molecule has 0 radical (unpaired) electrons. The first-order valence-electron chi connectivity index (χ1n) is 43.7. The van der Waals surface area contributed by atoms with Crippen LogP contribution in [0, 0.1) is 16.2 Å². The van der Waals surface area contributed by atoms with E-state index in [1.54, 1.807) is 30.3 Å². The number of likely N-dealkylation sites (tertiary alicyclic amines) is 2. The summed E-state index contributed by atoms with van der Waals surface area (Å²) in [5.41, 5.74) is 50.6. The van der Waals surface area contributed by atoms with E-state index < -0.39 is 291 Å². The quantitative estimate of drug-likeness (QED) is 0.0125. The first-order valence-corrected chi connectivity index (χ1v) is 44.4. The number of carbonyl (C=O) groups is 21. The summed E-state index contributed by atoms with van der Waals surface area (Å²) in [6.07, 6.45) is -3.02. The van der Waals surface area contributed by atoms with Crippen LogP contribution in [-0.2, 0) is 107 Å². The molecule has 0 bridgehead atoms. The Labute approximate surface area is 786 Å². The molecule has 1 aromatic carbocycles. The molecule has 2 heterocycles. The molecule has 2 aliphatic heterocycles. The lowest BCUT2D eigenvalue weighted by Gasteiger charge is -2.31. The number of aliphatic hydroxyl groups excluding tert-OH is 2. The van der Waals surface area contributed by atoms with Gasteiger partial charge in [-0.1, -0.05) is 36.8 Å². The SMILES string of the molecule is N=C(N)NCCC[C@H](NC(=O)CNC(=O)[C@H](CS)NC(=O)[C@H](CC(N)=O)NC(=O)[C@H](CO)NC(=O)[C@@H]1CCCN1C(=O)[C@H](Cc1ccccc1)NC(=O)[C@H](CCCNC(=N)N)NC(=O)[C@H](CCCCN)NC(=O)[C@H](CCC(N)=O)NC(=O)[C@H](CO)NC(=O)CNC(=O)[C@@H]1CCCN1C(=O)[C@H](CC(N)=O)NC(=O)[C@H](CCCNC(=N)N)NC(=O)[C@@H](N)CCCCN)C(=O)N[C@@H](CC(=O)O)C(=O)O. The minimum Gasteiger partial charge on any atom is -0.481 e. The van der Waals surface area contributed by atoms with Gasteiger partial charge in [-0.3, -0.25) is 112 Å². The number of carbonyl (C=O) groups excluding carboxylic acids is 19. The van der Waals surface area contributed by atoms with Gasteiger partial charge in [0.2, 0.25) is 112 Å². The smallest absolute Gasteiger partial charge is 0.326 e. The minimum absolute atomic E-state index is 0.00127. The van der Waals surface area contributed by atoms with E-state index in [-0.39, 0.29) is 142 Å². The number of hydrogen-bond acceptors (Lipinski definition) is 30. The Morgan fingerprint density at radius 2 is 0.750 bits per heavy atom. The summed E-state index contributed by atoms with van der Waals surface area (Å²) in [6.45, 7) is -4.02. The number of nitrogens with two attached hydrogens (primary N) is 9. The van der Waals surface area contributed by atoms with E-state index >= 15 is 4.79 Å². The molecule has 2 fully saturated rings. The Morgan fingerprint density at radius 3 is 1.19 bits per heavy atom.